The van der Waals surface area contributed by atoms with Crippen molar-refractivity contribution >= 4 is 28.5 Å². The van der Waals surface area contributed by atoms with Gasteiger partial charge in [0.25, 0.3) is 0 Å². The van der Waals surface area contributed by atoms with E-state index >= 15 is 0 Å². The lowest BCUT2D eigenvalue weighted by atomic mass is 9.80. The maximum atomic E-state index is 12.9. The number of amides is 2. The molecule has 1 saturated carbocycles. The van der Waals surface area contributed by atoms with Crippen LogP contribution in [-0.4, -0.2) is 66.4 Å². The monoisotopic (exact) mass is 465 g/mol. The largest absolute Gasteiger partial charge is 0.373 e. The molecular formula is C26H35N5O3. The topological polar surface area (TPSA) is 86.8 Å². The van der Waals surface area contributed by atoms with Gasteiger partial charge in [0.2, 0.25) is 11.8 Å². The number of rotatable bonds is 7. The number of pyridine rings is 1. The minimum atomic E-state index is -0.0808. The van der Waals surface area contributed by atoms with Crippen LogP contribution >= 0.6 is 0 Å². The van der Waals surface area contributed by atoms with Crippen LogP contribution in [-0.2, 0) is 14.3 Å². The Hall–Kier alpha value is -2.55. The maximum Gasteiger partial charge on any atom is 0.236 e. The Kier molecular flexibility index (Phi) is 6.81. The first kappa shape index (κ1) is 23.2. The molecule has 2 saturated heterocycles. The van der Waals surface area contributed by atoms with Crippen molar-refractivity contribution in [3.8, 4) is 0 Å². The van der Waals surface area contributed by atoms with Gasteiger partial charge < -0.3 is 10.1 Å². The van der Waals surface area contributed by atoms with Gasteiger partial charge in [0.15, 0.2) is 0 Å². The highest BCUT2D eigenvalue weighted by Crippen LogP contribution is 2.33. The molecule has 0 bridgehead atoms. The number of ether oxygens (including phenoxy) is 1. The van der Waals surface area contributed by atoms with Gasteiger partial charge in [-0.25, -0.2) is 4.98 Å². The van der Waals surface area contributed by atoms with Crippen LogP contribution in [0.2, 0.25) is 0 Å². The lowest BCUT2D eigenvalue weighted by Gasteiger charge is -2.47. The number of para-hydroxylation sites is 1. The van der Waals surface area contributed by atoms with Gasteiger partial charge >= 0.3 is 0 Å². The number of hydrogen-bond acceptors (Lipinski definition) is 6. The predicted molar refractivity (Wildman–Crippen MR) is 131 cm³/mol. The smallest absolute Gasteiger partial charge is 0.236 e. The molecule has 2 amide bonds. The SMILES string of the molecule is CCC(CCC(=O)N(C)c1ccc2ccccc2n1)OC1CCCC2CN3CC(=O)NC3NC21. The molecule has 2 aliphatic heterocycles. The van der Waals surface area contributed by atoms with Crippen LogP contribution < -0.4 is 15.5 Å². The molecule has 2 N–H and O–H groups in total. The van der Waals surface area contributed by atoms with E-state index in [2.05, 4.69) is 27.4 Å². The average molecular weight is 466 g/mol. The number of benzene rings is 1. The van der Waals surface area contributed by atoms with Crippen LogP contribution in [0.1, 0.15) is 45.4 Å². The molecule has 1 aromatic heterocycles. The highest BCUT2D eigenvalue weighted by atomic mass is 16.5. The van der Waals surface area contributed by atoms with Crippen molar-refractivity contribution in [2.75, 3.05) is 25.0 Å². The molecule has 8 heteroatoms. The van der Waals surface area contributed by atoms with Crippen molar-refractivity contribution in [3.05, 3.63) is 36.4 Å². The predicted octanol–water partition coefficient (Wildman–Crippen LogP) is 2.63. The number of nitrogens with one attached hydrogen (secondary N) is 2. The van der Waals surface area contributed by atoms with Gasteiger partial charge in [-0.3, -0.25) is 24.7 Å². The van der Waals surface area contributed by atoms with Gasteiger partial charge in [0.1, 0.15) is 12.1 Å². The molecule has 1 aliphatic carbocycles. The molecular weight excluding hydrogens is 430 g/mol. The van der Waals surface area contributed by atoms with Gasteiger partial charge in [-0.2, -0.15) is 0 Å². The molecule has 5 atom stereocenters. The quantitative estimate of drug-likeness (QED) is 0.654. The fraction of sp³-hybridized carbons (Fsp3) is 0.577. The van der Waals surface area contributed by atoms with Crippen molar-refractivity contribution in [1.29, 1.82) is 0 Å². The molecule has 34 heavy (non-hydrogen) atoms. The standard InChI is InChI=1S/C26H35N5O3/c1-3-19(12-14-24(33)30(2)22-13-11-17-7-4-5-9-20(17)27-22)34-21-10-6-8-18-15-31-16-23(32)28-26(31)29-25(18)21/h4-5,7,9,11,13,18-19,21,25-26,29H,3,6,8,10,12,14-16H2,1-2H3,(H,28,32). The number of hydrogen-bond donors (Lipinski definition) is 2. The first-order valence-electron chi connectivity index (χ1n) is 12.6. The molecule has 1 aromatic carbocycles. The first-order valence-corrected chi connectivity index (χ1v) is 12.6. The Bertz CT molecular complexity index is 1050. The van der Waals surface area contributed by atoms with E-state index in [1.807, 2.05) is 36.4 Å². The second kappa shape index (κ2) is 9.98. The second-order valence-corrected chi connectivity index (χ2v) is 9.84. The van der Waals surface area contributed by atoms with Gasteiger partial charge in [-0.1, -0.05) is 31.5 Å². The van der Waals surface area contributed by atoms with Crippen molar-refractivity contribution in [1.82, 2.24) is 20.5 Å². The highest BCUT2D eigenvalue weighted by Gasteiger charge is 2.45. The van der Waals surface area contributed by atoms with Crippen molar-refractivity contribution < 1.29 is 14.3 Å². The summed E-state index contributed by atoms with van der Waals surface area (Å²) in [6.07, 6.45) is 5.35. The van der Waals surface area contributed by atoms with Crippen LogP contribution in [0.15, 0.2) is 36.4 Å². The summed E-state index contributed by atoms with van der Waals surface area (Å²) in [6.45, 7) is 3.53. The number of fused-ring (bicyclic) bond motifs is 3. The van der Waals surface area contributed by atoms with E-state index in [-0.39, 0.29) is 36.4 Å². The van der Waals surface area contributed by atoms with E-state index in [0.717, 1.165) is 43.1 Å². The summed E-state index contributed by atoms with van der Waals surface area (Å²) >= 11 is 0. The van der Waals surface area contributed by atoms with E-state index in [1.165, 1.54) is 0 Å². The molecule has 3 fully saturated rings. The molecule has 3 aliphatic rings. The molecule has 0 radical (unpaired) electrons. The average Bonchev–Trinajstić information content (AvgIpc) is 3.23. The van der Waals surface area contributed by atoms with Crippen LogP contribution in [0.3, 0.4) is 0 Å². The molecule has 5 unspecified atom stereocenters. The summed E-state index contributed by atoms with van der Waals surface area (Å²) in [5.41, 5.74) is 0.887. The molecule has 182 valence electrons. The van der Waals surface area contributed by atoms with E-state index in [0.29, 0.717) is 31.1 Å². The Morgan fingerprint density at radius 1 is 1.26 bits per heavy atom. The fourth-order valence-electron chi connectivity index (χ4n) is 5.65. The van der Waals surface area contributed by atoms with Crippen LogP contribution in [0.25, 0.3) is 10.9 Å². The number of aromatic nitrogens is 1. The van der Waals surface area contributed by atoms with Gasteiger partial charge in [0, 0.05) is 31.4 Å². The van der Waals surface area contributed by atoms with Crippen molar-refractivity contribution in [2.24, 2.45) is 5.92 Å². The summed E-state index contributed by atoms with van der Waals surface area (Å²) in [4.78, 5) is 33.3. The molecule has 0 spiro atoms. The summed E-state index contributed by atoms with van der Waals surface area (Å²) in [5, 5.41) is 7.72. The molecule has 8 nitrogen and oxygen atoms in total. The Morgan fingerprint density at radius 3 is 2.97 bits per heavy atom. The third-order valence-electron chi connectivity index (χ3n) is 7.61. The lowest BCUT2D eigenvalue weighted by Crippen LogP contribution is -2.65. The van der Waals surface area contributed by atoms with Crippen LogP contribution in [0.5, 0.6) is 0 Å². The summed E-state index contributed by atoms with van der Waals surface area (Å²) in [7, 11) is 1.79. The number of nitrogens with zero attached hydrogens (tertiary/aromatic N) is 3. The Labute approximate surface area is 201 Å². The maximum absolute atomic E-state index is 12.9. The second-order valence-electron chi connectivity index (χ2n) is 9.84. The third-order valence-corrected chi connectivity index (χ3v) is 7.61. The van der Waals surface area contributed by atoms with Crippen molar-refractivity contribution in [2.45, 2.75) is 70.0 Å². The van der Waals surface area contributed by atoms with E-state index in [9.17, 15) is 9.59 Å². The zero-order chi connectivity index (χ0) is 23.7. The number of anilines is 1. The lowest BCUT2D eigenvalue weighted by molar-refractivity contribution is -0.121. The number of carbonyl (C=O) groups is 2. The zero-order valence-electron chi connectivity index (χ0n) is 20.1. The molecule has 3 heterocycles. The van der Waals surface area contributed by atoms with Crippen molar-refractivity contribution in [3.63, 3.8) is 0 Å². The third kappa shape index (κ3) is 4.80. The molecule has 5 rings (SSSR count). The highest BCUT2D eigenvalue weighted by molar-refractivity contribution is 5.93. The first-order chi connectivity index (χ1) is 16.5. The van der Waals surface area contributed by atoms with Crippen LogP contribution in [0, 0.1) is 5.92 Å². The Morgan fingerprint density at radius 2 is 2.12 bits per heavy atom. The van der Waals surface area contributed by atoms with Crippen LogP contribution in [0.4, 0.5) is 5.82 Å². The minimum absolute atomic E-state index is 0.0312. The van der Waals surface area contributed by atoms with Gasteiger partial charge in [-0.05, 0) is 49.8 Å². The zero-order valence-corrected chi connectivity index (χ0v) is 20.1. The minimum Gasteiger partial charge on any atom is -0.373 e. The van der Waals surface area contributed by atoms with E-state index < -0.39 is 0 Å². The van der Waals surface area contributed by atoms with Gasteiger partial charge in [-0.15, -0.1) is 0 Å². The fourth-order valence-corrected chi connectivity index (χ4v) is 5.65. The Balaban J connectivity index is 1.17. The van der Waals surface area contributed by atoms with E-state index in [1.54, 1.807) is 11.9 Å². The summed E-state index contributed by atoms with van der Waals surface area (Å²) in [5.74, 6) is 1.30. The van der Waals surface area contributed by atoms with E-state index in [4.69, 9.17) is 4.74 Å². The number of carbonyl (C=O) groups excluding carboxylic acids is 2. The summed E-state index contributed by atoms with van der Waals surface area (Å²) < 4.78 is 6.60. The molecule has 2 aromatic rings. The summed E-state index contributed by atoms with van der Waals surface area (Å²) in [6, 6.07) is 12.1. The van der Waals surface area contributed by atoms with Gasteiger partial charge in [0.05, 0.1) is 24.3 Å². The normalized spacial score (nSPS) is 27.6.